The predicted molar refractivity (Wildman–Crippen MR) is 52.0 cm³/mol. The van der Waals surface area contributed by atoms with E-state index in [0.29, 0.717) is 20.6 Å². The van der Waals surface area contributed by atoms with Gasteiger partial charge in [-0.1, -0.05) is 34.8 Å². The highest BCUT2D eigenvalue weighted by Gasteiger charge is 2.07. The lowest BCUT2D eigenvalue weighted by Crippen LogP contribution is -1.92. The Kier molecular flexibility index (Phi) is 3.85. The molecule has 13 heavy (non-hydrogen) atoms. The maximum atomic E-state index is 9.81. The minimum atomic E-state index is -0.00165. The molecule has 0 heterocycles. The molecule has 1 rings (SSSR count). The Hall–Kier alpha value is -0.440. The maximum absolute atomic E-state index is 9.81. The fourth-order valence-electron chi connectivity index (χ4n) is 0.812. The van der Waals surface area contributed by atoms with Crippen molar-refractivity contribution < 1.29 is 9.53 Å². The van der Waals surface area contributed by atoms with E-state index in [0.717, 1.165) is 0 Å². The summed E-state index contributed by atoms with van der Waals surface area (Å²) in [4.78, 5) is 9.81. The van der Waals surface area contributed by atoms with Crippen LogP contribution in [0.4, 0.5) is 0 Å². The zero-order valence-electron chi connectivity index (χ0n) is 6.31. The summed E-state index contributed by atoms with van der Waals surface area (Å²) in [7, 11) is 0. The minimum Gasteiger partial charge on any atom is -0.452 e. The molecule has 1 radical (unpaired) electrons. The highest BCUT2D eigenvalue weighted by Crippen LogP contribution is 2.29. The SMILES string of the molecule is O=[C]OCc1c(Cl)cc(Cl)cc1Cl. The van der Waals surface area contributed by atoms with Gasteiger partial charge in [0.1, 0.15) is 6.61 Å². The molecule has 0 aliphatic carbocycles. The Bertz CT molecular complexity index is 302. The number of carbonyl (C=O) groups excluding carboxylic acids is 1. The first-order valence-electron chi connectivity index (χ1n) is 3.27. The first kappa shape index (κ1) is 10.6. The lowest BCUT2D eigenvalue weighted by atomic mass is 10.2. The Labute approximate surface area is 90.3 Å². The first-order chi connectivity index (χ1) is 6.15. The smallest absolute Gasteiger partial charge is 0.417 e. The van der Waals surface area contributed by atoms with E-state index in [1.165, 1.54) is 18.6 Å². The summed E-state index contributed by atoms with van der Waals surface area (Å²) in [6.07, 6.45) is 0. The van der Waals surface area contributed by atoms with Crippen molar-refractivity contribution in [2.24, 2.45) is 0 Å². The molecule has 0 saturated carbocycles. The van der Waals surface area contributed by atoms with E-state index < -0.39 is 0 Å². The molecule has 1 aromatic rings. The highest BCUT2D eigenvalue weighted by atomic mass is 35.5. The van der Waals surface area contributed by atoms with E-state index >= 15 is 0 Å². The van der Waals surface area contributed by atoms with Gasteiger partial charge < -0.3 is 4.74 Å². The number of benzene rings is 1. The Morgan fingerprint density at radius 2 is 1.77 bits per heavy atom. The Balaban J connectivity index is 2.98. The van der Waals surface area contributed by atoms with Gasteiger partial charge in [-0.2, -0.15) is 0 Å². The van der Waals surface area contributed by atoms with E-state index in [4.69, 9.17) is 34.8 Å². The third-order valence-electron chi connectivity index (χ3n) is 1.38. The van der Waals surface area contributed by atoms with Crippen molar-refractivity contribution in [1.82, 2.24) is 0 Å². The zero-order chi connectivity index (χ0) is 9.84. The topological polar surface area (TPSA) is 26.3 Å². The molecule has 0 saturated heterocycles. The van der Waals surface area contributed by atoms with E-state index in [2.05, 4.69) is 4.74 Å². The number of rotatable bonds is 3. The fraction of sp³-hybridized carbons (Fsp3) is 0.125. The second-order valence-electron chi connectivity index (χ2n) is 2.22. The highest BCUT2D eigenvalue weighted by molar-refractivity contribution is 6.39. The van der Waals surface area contributed by atoms with Crippen LogP contribution in [0.1, 0.15) is 5.56 Å². The average molecular weight is 238 g/mol. The molecule has 0 fully saturated rings. The largest absolute Gasteiger partial charge is 0.452 e. The third-order valence-corrected chi connectivity index (χ3v) is 2.27. The molecule has 0 unspecified atom stereocenters. The van der Waals surface area contributed by atoms with E-state index in [-0.39, 0.29) is 6.61 Å². The van der Waals surface area contributed by atoms with Gasteiger partial charge in [0.15, 0.2) is 0 Å². The molecule has 0 aromatic heterocycles. The van der Waals surface area contributed by atoms with Gasteiger partial charge in [-0.3, -0.25) is 0 Å². The standard InChI is InChI=1S/C8H4Cl3O2/c9-5-1-7(10)6(3-13-4-12)8(11)2-5/h1-2H,3H2. The van der Waals surface area contributed by atoms with Crippen LogP contribution in [0.25, 0.3) is 0 Å². The average Bonchev–Trinajstić information content (AvgIpc) is 2.02. The molecule has 69 valence electrons. The number of hydrogen-bond acceptors (Lipinski definition) is 2. The van der Waals surface area contributed by atoms with Crippen LogP contribution in [0.15, 0.2) is 12.1 Å². The molecular weight excluding hydrogens is 234 g/mol. The molecule has 0 aliphatic heterocycles. The molecule has 2 nitrogen and oxygen atoms in total. The Morgan fingerprint density at radius 1 is 1.23 bits per heavy atom. The van der Waals surface area contributed by atoms with Crippen molar-refractivity contribution in [1.29, 1.82) is 0 Å². The summed E-state index contributed by atoms with van der Waals surface area (Å²) in [5, 5.41) is 1.18. The summed E-state index contributed by atoms with van der Waals surface area (Å²) in [6.45, 7) is 1.28. The van der Waals surface area contributed by atoms with Crippen molar-refractivity contribution in [2.45, 2.75) is 6.61 Å². The van der Waals surface area contributed by atoms with Gasteiger partial charge >= 0.3 is 6.47 Å². The molecule has 0 atom stereocenters. The third kappa shape index (κ3) is 2.76. The maximum Gasteiger partial charge on any atom is 0.417 e. The predicted octanol–water partition coefficient (Wildman–Crippen LogP) is 3.23. The quantitative estimate of drug-likeness (QED) is 0.808. The van der Waals surface area contributed by atoms with Crippen molar-refractivity contribution in [3.05, 3.63) is 32.8 Å². The van der Waals surface area contributed by atoms with Crippen molar-refractivity contribution in [3.8, 4) is 0 Å². The van der Waals surface area contributed by atoms with Crippen LogP contribution in [-0.4, -0.2) is 6.47 Å². The van der Waals surface area contributed by atoms with E-state index in [1.54, 1.807) is 0 Å². The summed E-state index contributed by atoms with van der Waals surface area (Å²) in [6, 6.07) is 3.05. The molecular formula is C8H4Cl3O2. The normalized spacial score (nSPS) is 9.77. The van der Waals surface area contributed by atoms with Gasteiger partial charge in [-0.05, 0) is 12.1 Å². The van der Waals surface area contributed by atoms with Gasteiger partial charge in [0.05, 0.1) is 10.0 Å². The van der Waals surface area contributed by atoms with Crippen LogP contribution in [0, 0.1) is 0 Å². The molecule has 0 N–H and O–H groups in total. The number of ether oxygens (including phenoxy) is 1. The molecule has 1 aromatic carbocycles. The molecule has 0 spiro atoms. The summed E-state index contributed by atoms with van der Waals surface area (Å²) in [5.41, 5.74) is 0.524. The van der Waals surface area contributed by atoms with Crippen LogP contribution in [-0.2, 0) is 16.1 Å². The van der Waals surface area contributed by atoms with Gasteiger partial charge in [-0.15, -0.1) is 0 Å². The minimum absolute atomic E-state index is 0.00165. The summed E-state index contributed by atoms with van der Waals surface area (Å²) < 4.78 is 4.40. The summed E-state index contributed by atoms with van der Waals surface area (Å²) >= 11 is 17.3. The second-order valence-corrected chi connectivity index (χ2v) is 3.47. The van der Waals surface area contributed by atoms with E-state index in [1.807, 2.05) is 0 Å². The van der Waals surface area contributed by atoms with Crippen LogP contribution in [0.2, 0.25) is 15.1 Å². The summed E-state index contributed by atoms with van der Waals surface area (Å²) in [5.74, 6) is 0. The zero-order valence-corrected chi connectivity index (χ0v) is 8.58. The van der Waals surface area contributed by atoms with Crippen molar-refractivity contribution in [2.75, 3.05) is 0 Å². The molecule has 0 bridgehead atoms. The van der Waals surface area contributed by atoms with E-state index in [9.17, 15) is 4.79 Å². The Morgan fingerprint density at radius 3 is 2.23 bits per heavy atom. The fourth-order valence-corrected chi connectivity index (χ4v) is 1.74. The lowest BCUT2D eigenvalue weighted by Gasteiger charge is -2.05. The second kappa shape index (κ2) is 4.70. The van der Waals surface area contributed by atoms with Crippen molar-refractivity contribution >= 4 is 41.3 Å². The van der Waals surface area contributed by atoms with Gasteiger partial charge in [0.25, 0.3) is 0 Å². The number of halogens is 3. The molecule has 5 heteroatoms. The lowest BCUT2D eigenvalue weighted by molar-refractivity contribution is 0.267. The van der Waals surface area contributed by atoms with Crippen LogP contribution < -0.4 is 0 Å². The molecule has 0 aliphatic rings. The monoisotopic (exact) mass is 237 g/mol. The molecule has 0 amide bonds. The number of hydrogen-bond donors (Lipinski definition) is 0. The van der Waals surface area contributed by atoms with Crippen LogP contribution >= 0.6 is 34.8 Å². The van der Waals surface area contributed by atoms with Crippen LogP contribution in [0.3, 0.4) is 0 Å². The van der Waals surface area contributed by atoms with Gasteiger partial charge in [0, 0.05) is 10.6 Å². The first-order valence-corrected chi connectivity index (χ1v) is 4.41. The van der Waals surface area contributed by atoms with Crippen molar-refractivity contribution in [3.63, 3.8) is 0 Å². The van der Waals surface area contributed by atoms with Gasteiger partial charge in [0.2, 0.25) is 0 Å². The van der Waals surface area contributed by atoms with Crippen LogP contribution in [0.5, 0.6) is 0 Å². The van der Waals surface area contributed by atoms with Gasteiger partial charge in [-0.25, -0.2) is 4.79 Å².